The van der Waals surface area contributed by atoms with E-state index in [1.165, 1.54) is 0 Å². The molecule has 0 radical (unpaired) electrons. The molecule has 0 unspecified atom stereocenters. The maximum Gasteiger partial charge on any atom is 0.0874 e. The van der Waals surface area contributed by atoms with Gasteiger partial charge in [-0.05, 0) is 0 Å². The van der Waals surface area contributed by atoms with Crippen LogP contribution in [0.25, 0.3) is 0 Å². The fourth-order valence-corrected chi connectivity index (χ4v) is 0.933. The molecule has 0 saturated carbocycles. The molecule has 0 rings (SSSR count). The fraction of sp³-hybridized carbons (Fsp3) is 1.00. The van der Waals surface area contributed by atoms with Gasteiger partial charge in [0.25, 0.3) is 0 Å². The van der Waals surface area contributed by atoms with Gasteiger partial charge in [-0.3, -0.25) is 0 Å². The molecule has 0 aliphatic carbocycles. The molecule has 0 heterocycles. The molecule has 0 bridgehead atoms. The third-order valence-corrected chi connectivity index (χ3v) is 1.73. The van der Waals surface area contributed by atoms with E-state index in [1.807, 2.05) is 12.1 Å². The standard InChI is InChI=1S/C6H15ClN2/c1-4-9(5-2)8(3)6-7/h4-6H2,1-3H3. The lowest BCUT2D eigenvalue weighted by Crippen LogP contribution is -2.38. The van der Waals surface area contributed by atoms with Crippen LogP contribution < -0.4 is 0 Å². The number of alkyl halides is 1. The number of rotatable bonds is 4. The van der Waals surface area contributed by atoms with Crippen molar-refractivity contribution >= 4 is 11.6 Å². The Hall–Kier alpha value is 0.210. The van der Waals surface area contributed by atoms with Crippen LogP contribution in [0.2, 0.25) is 0 Å². The topological polar surface area (TPSA) is 6.48 Å². The molecule has 9 heavy (non-hydrogen) atoms. The maximum absolute atomic E-state index is 5.59. The Labute approximate surface area is 62.4 Å². The molecule has 0 aromatic heterocycles. The van der Waals surface area contributed by atoms with Crippen molar-refractivity contribution in [3.63, 3.8) is 0 Å². The van der Waals surface area contributed by atoms with Crippen LogP contribution >= 0.6 is 11.6 Å². The lowest BCUT2D eigenvalue weighted by atomic mass is 10.6. The summed E-state index contributed by atoms with van der Waals surface area (Å²) in [6.07, 6.45) is 0. The molecule has 0 aliphatic rings. The average Bonchev–Trinajstić information content (AvgIpc) is 1.90. The smallest absolute Gasteiger partial charge is 0.0874 e. The van der Waals surface area contributed by atoms with Crippen molar-refractivity contribution in [2.75, 3.05) is 26.1 Å². The van der Waals surface area contributed by atoms with Gasteiger partial charge in [-0.15, -0.1) is 11.6 Å². The van der Waals surface area contributed by atoms with Gasteiger partial charge in [0, 0.05) is 20.1 Å². The molecule has 0 spiro atoms. The van der Waals surface area contributed by atoms with Crippen LogP contribution in [0.15, 0.2) is 0 Å². The highest BCUT2D eigenvalue weighted by molar-refractivity contribution is 6.17. The van der Waals surface area contributed by atoms with E-state index in [4.69, 9.17) is 11.6 Å². The Kier molecular flexibility index (Phi) is 5.15. The van der Waals surface area contributed by atoms with E-state index in [2.05, 4.69) is 18.9 Å². The van der Waals surface area contributed by atoms with Gasteiger partial charge in [0.2, 0.25) is 0 Å². The third-order valence-electron chi connectivity index (χ3n) is 1.39. The average molecular weight is 151 g/mol. The Balaban J connectivity index is 3.50. The van der Waals surface area contributed by atoms with E-state index < -0.39 is 0 Å². The number of hydrazine groups is 1. The van der Waals surface area contributed by atoms with Crippen LogP contribution in [-0.2, 0) is 0 Å². The van der Waals surface area contributed by atoms with Crippen molar-refractivity contribution in [1.82, 2.24) is 10.0 Å². The van der Waals surface area contributed by atoms with Crippen molar-refractivity contribution in [2.24, 2.45) is 0 Å². The SMILES string of the molecule is CCN(CC)N(C)CCl. The summed E-state index contributed by atoms with van der Waals surface area (Å²) < 4.78 is 0. The van der Waals surface area contributed by atoms with Gasteiger partial charge in [0.15, 0.2) is 0 Å². The van der Waals surface area contributed by atoms with E-state index in [9.17, 15) is 0 Å². The molecule has 2 nitrogen and oxygen atoms in total. The van der Waals surface area contributed by atoms with E-state index in [0.717, 1.165) is 13.1 Å². The van der Waals surface area contributed by atoms with Gasteiger partial charge in [-0.1, -0.05) is 13.8 Å². The zero-order valence-electron chi connectivity index (χ0n) is 6.39. The van der Waals surface area contributed by atoms with Crippen LogP contribution in [0.3, 0.4) is 0 Å². The number of halogens is 1. The second-order valence-corrected chi connectivity index (χ2v) is 2.16. The summed E-state index contributed by atoms with van der Waals surface area (Å²) in [5.74, 6) is 0. The summed E-state index contributed by atoms with van der Waals surface area (Å²) in [4.78, 5) is 0. The van der Waals surface area contributed by atoms with E-state index in [0.29, 0.717) is 6.00 Å². The minimum atomic E-state index is 0.571. The zero-order chi connectivity index (χ0) is 7.28. The number of hydrogen-bond acceptors (Lipinski definition) is 2. The Bertz CT molecular complexity index is 64.1. The van der Waals surface area contributed by atoms with E-state index in [1.54, 1.807) is 0 Å². The largest absolute Gasteiger partial charge is 0.241 e. The van der Waals surface area contributed by atoms with Crippen molar-refractivity contribution in [3.05, 3.63) is 0 Å². The normalized spacial score (nSPS) is 11.3. The van der Waals surface area contributed by atoms with Crippen molar-refractivity contribution < 1.29 is 0 Å². The van der Waals surface area contributed by atoms with Crippen LogP contribution in [-0.4, -0.2) is 36.2 Å². The van der Waals surface area contributed by atoms with Gasteiger partial charge in [0.1, 0.15) is 0 Å². The minimum Gasteiger partial charge on any atom is -0.241 e. The molecule has 3 heteroatoms. The van der Waals surface area contributed by atoms with Gasteiger partial charge < -0.3 is 0 Å². The molecule has 0 fully saturated rings. The molecule has 0 aromatic rings. The first-order valence-corrected chi connectivity index (χ1v) is 3.81. The molecule has 0 aromatic carbocycles. The lowest BCUT2D eigenvalue weighted by Gasteiger charge is -2.27. The summed E-state index contributed by atoms with van der Waals surface area (Å²) in [5, 5.41) is 4.18. The first-order chi connectivity index (χ1) is 4.26. The Morgan fingerprint density at radius 1 is 1.22 bits per heavy atom. The summed E-state index contributed by atoms with van der Waals surface area (Å²) in [6, 6.07) is 0.571. The zero-order valence-corrected chi connectivity index (χ0v) is 7.15. The quantitative estimate of drug-likeness (QED) is 0.339. The van der Waals surface area contributed by atoms with E-state index >= 15 is 0 Å². The van der Waals surface area contributed by atoms with Crippen LogP contribution in [0.5, 0.6) is 0 Å². The number of nitrogens with zero attached hydrogens (tertiary/aromatic N) is 2. The van der Waals surface area contributed by atoms with Gasteiger partial charge in [-0.25, -0.2) is 10.0 Å². The Morgan fingerprint density at radius 3 is 1.78 bits per heavy atom. The van der Waals surface area contributed by atoms with Crippen LogP contribution in [0, 0.1) is 0 Å². The molecule has 56 valence electrons. The highest BCUT2D eigenvalue weighted by Crippen LogP contribution is 1.93. The molecular formula is C6H15ClN2. The summed E-state index contributed by atoms with van der Waals surface area (Å²) in [6.45, 7) is 6.29. The first-order valence-electron chi connectivity index (χ1n) is 3.28. The summed E-state index contributed by atoms with van der Waals surface area (Å²) in [7, 11) is 1.99. The highest BCUT2D eigenvalue weighted by Gasteiger charge is 2.02. The van der Waals surface area contributed by atoms with Gasteiger partial charge in [0.05, 0.1) is 6.00 Å². The third kappa shape index (κ3) is 3.04. The number of hydrogen-bond donors (Lipinski definition) is 0. The molecular weight excluding hydrogens is 136 g/mol. The van der Waals surface area contributed by atoms with Gasteiger partial charge in [-0.2, -0.15) is 0 Å². The van der Waals surface area contributed by atoms with Crippen molar-refractivity contribution in [2.45, 2.75) is 13.8 Å². The summed E-state index contributed by atoms with van der Waals surface area (Å²) in [5.41, 5.74) is 0. The molecule has 0 atom stereocenters. The highest BCUT2D eigenvalue weighted by atomic mass is 35.5. The second-order valence-electron chi connectivity index (χ2n) is 1.92. The van der Waals surface area contributed by atoms with Crippen molar-refractivity contribution in [3.8, 4) is 0 Å². The predicted octanol–water partition coefficient (Wildman–Crippen LogP) is 1.37. The summed E-state index contributed by atoms with van der Waals surface area (Å²) >= 11 is 5.59. The fourth-order valence-electron chi connectivity index (χ4n) is 0.782. The second kappa shape index (κ2) is 5.03. The first kappa shape index (κ1) is 9.21. The molecule has 0 saturated heterocycles. The maximum atomic E-state index is 5.59. The van der Waals surface area contributed by atoms with Crippen LogP contribution in [0.4, 0.5) is 0 Å². The Morgan fingerprint density at radius 2 is 1.67 bits per heavy atom. The molecule has 0 N–H and O–H groups in total. The monoisotopic (exact) mass is 150 g/mol. The van der Waals surface area contributed by atoms with Crippen molar-refractivity contribution in [1.29, 1.82) is 0 Å². The van der Waals surface area contributed by atoms with Gasteiger partial charge >= 0.3 is 0 Å². The predicted molar refractivity (Wildman–Crippen MR) is 41.4 cm³/mol. The molecule has 0 aliphatic heterocycles. The lowest BCUT2D eigenvalue weighted by molar-refractivity contribution is 0.0287. The van der Waals surface area contributed by atoms with Crippen LogP contribution in [0.1, 0.15) is 13.8 Å². The van der Waals surface area contributed by atoms with E-state index in [-0.39, 0.29) is 0 Å². The molecule has 0 amide bonds. The minimum absolute atomic E-state index is 0.571.